The summed E-state index contributed by atoms with van der Waals surface area (Å²) in [6, 6.07) is 42.7. The zero-order valence-corrected chi connectivity index (χ0v) is 31.3. The highest BCUT2D eigenvalue weighted by atomic mass is 16.1. The van der Waals surface area contributed by atoms with Crippen LogP contribution in [0.4, 0.5) is 11.4 Å². The summed E-state index contributed by atoms with van der Waals surface area (Å²) in [6.45, 7) is 8.85. The number of Topliss-reactive ketones (excluding diaryl/α,β-unsaturated/α-hetero) is 2. The maximum atomic E-state index is 14.0. The zero-order chi connectivity index (χ0) is 36.9. The van der Waals surface area contributed by atoms with Crippen LogP contribution in [0.2, 0.25) is 0 Å². The van der Waals surface area contributed by atoms with Crippen molar-refractivity contribution >= 4 is 55.6 Å². The van der Waals surface area contributed by atoms with E-state index in [1.165, 1.54) is 43.8 Å². The molecule has 6 aromatic rings. The van der Waals surface area contributed by atoms with Gasteiger partial charge in [0.2, 0.25) is 0 Å². The summed E-state index contributed by atoms with van der Waals surface area (Å²) in [4.78, 5) is 27.9. The third-order valence-electron chi connectivity index (χ3n) is 12.3. The minimum atomic E-state index is -0.202. The first kappa shape index (κ1) is 32.9. The van der Waals surface area contributed by atoms with Crippen LogP contribution in [0, 0.1) is 10.8 Å². The van der Waals surface area contributed by atoms with Crippen molar-refractivity contribution in [2.45, 2.75) is 65.5 Å². The summed E-state index contributed by atoms with van der Waals surface area (Å²) in [5, 5.41) is 12.4. The standard InChI is InChI=1S/C50H44N2O2/c1-49(2)25-37-43-35-11-7-5-9-31(35)21-23-39(43)51-47(45(37)41(53)27-49)33-17-13-29(14-18-33)30-15-19-34(20-16-30)48-46-38(26-50(3,4)28-42(46)54)44-36-12-8-6-10-32(36)22-24-40(44)52-48/h5-24,47-48,51-52H,25-28H2,1-4H3/t47-,48-/m0/s1. The predicted molar refractivity (Wildman–Crippen MR) is 222 cm³/mol. The van der Waals surface area contributed by atoms with Gasteiger partial charge in [-0.15, -0.1) is 0 Å². The number of hydrogen-bond acceptors (Lipinski definition) is 4. The minimum absolute atomic E-state index is 0.0913. The largest absolute Gasteiger partial charge is 0.373 e. The number of carbonyl (C=O) groups is 2. The summed E-state index contributed by atoms with van der Waals surface area (Å²) in [6.07, 6.45) is 2.84. The first-order valence-electron chi connectivity index (χ1n) is 19.3. The van der Waals surface area contributed by atoms with E-state index in [4.69, 9.17) is 0 Å². The van der Waals surface area contributed by atoms with E-state index in [2.05, 4.69) is 160 Å². The number of rotatable bonds is 3. The van der Waals surface area contributed by atoms with Gasteiger partial charge in [-0.05, 0) is 90.7 Å². The fourth-order valence-electron chi connectivity index (χ4n) is 9.91. The van der Waals surface area contributed by atoms with Gasteiger partial charge in [0.15, 0.2) is 11.6 Å². The van der Waals surface area contributed by atoms with Gasteiger partial charge < -0.3 is 10.6 Å². The number of allylic oxidation sites excluding steroid dienone is 2. The number of ketones is 2. The Morgan fingerprint density at radius 2 is 0.852 bits per heavy atom. The molecule has 2 heterocycles. The lowest BCUT2D eigenvalue weighted by molar-refractivity contribution is -0.118. The second kappa shape index (κ2) is 11.9. The smallest absolute Gasteiger partial charge is 0.162 e. The van der Waals surface area contributed by atoms with Gasteiger partial charge >= 0.3 is 0 Å². The topological polar surface area (TPSA) is 58.2 Å². The quantitative estimate of drug-likeness (QED) is 0.193. The van der Waals surface area contributed by atoms with E-state index in [-0.39, 0.29) is 34.5 Å². The number of hydrogen-bond donors (Lipinski definition) is 2. The molecule has 0 radical (unpaired) electrons. The lowest BCUT2D eigenvalue weighted by atomic mass is 9.67. The molecule has 4 nitrogen and oxygen atoms in total. The second-order valence-electron chi connectivity index (χ2n) is 17.5. The van der Waals surface area contributed by atoms with Crippen molar-refractivity contribution in [2.75, 3.05) is 10.6 Å². The molecule has 0 bridgehead atoms. The molecule has 10 rings (SSSR count). The maximum Gasteiger partial charge on any atom is 0.162 e. The van der Waals surface area contributed by atoms with E-state index in [9.17, 15) is 9.59 Å². The van der Waals surface area contributed by atoms with Gasteiger partial charge in [0.05, 0.1) is 12.1 Å². The van der Waals surface area contributed by atoms with E-state index < -0.39 is 0 Å². The average Bonchev–Trinajstić information content (AvgIpc) is 3.16. The van der Waals surface area contributed by atoms with Gasteiger partial charge in [-0.25, -0.2) is 0 Å². The van der Waals surface area contributed by atoms with Gasteiger partial charge in [0.25, 0.3) is 0 Å². The Labute approximate surface area is 317 Å². The Balaban J connectivity index is 0.986. The molecule has 0 fully saturated rings. The van der Waals surface area contributed by atoms with E-state index in [0.29, 0.717) is 12.8 Å². The number of fused-ring (bicyclic) bond motifs is 8. The molecule has 6 aromatic carbocycles. The summed E-state index contributed by atoms with van der Waals surface area (Å²) < 4.78 is 0. The SMILES string of the molecule is CC1(C)CC(=O)C2=C(C1)c1c(ccc3ccccc13)N[C@H]2c1ccc(-c2ccc([C@@H]3Nc4ccc5ccccc5c4C4=C3C(=O)CC(C)(C)C4)cc2)cc1. The van der Waals surface area contributed by atoms with Crippen LogP contribution in [-0.2, 0) is 9.59 Å². The van der Waals surface area contributed by atoms with Crippen LogP contribution in [0.5, 0.6) is 0 Å². The molecular weight excluding hydrogens is 661 g/mol. The highest BCUT2D eigenvalue weighted by molar-refractivity contribution is 6.14. The molecule has 0 spiro atoms. The van der Waals surface area contributed by atoms with Gasteiger partial charge in [-0.1, -0.05) is 137 Å². The van der Waals surface area contributed by atoms with E-state index >= 15 is 0 Å². The molecule has 0 aromatic heterocycles. The van der Waals surface area contributed by atoms with Crippen molar-refractivity contribution in [1.82, 2.24) is 0 Å². The molecule has 0 unspecified atom stereocenters. The highest BCUT2D eigenvalue weighted by Crippen LogP contribution is 2.54. The fourth-order valence-corrected chi connectivity index (χ4v) is 9.91. The molecule has 0 saturated heterocycles. The Hall–Kier alpha value is -5.74. The number of anilines is 2. The van der Waals surface area contributed by atoms with E-state index in [0.717, 1.165) is 57.6 Å². The molecule has 2 aliphatic heterocycles. The Bertz CT molecular complexity index is 2450. The Morgan fingerprint density at radius 1 is 0.463 bits per heavy atom. The summed E-state index contributed by atoms with van der Waals surface area (Å²) >= 11 is 0. The molecule has 2 aliphatic carbocycles. The third-order valence-corrected chi connectivity index (χ3v) is 12.3. The summed E-state index contributed by atoms with van der Waals surface area (Å²) in [5.74, 6) is 0.477. The van der Waals surface area contributed by atoms with Gasteiger partial charge in [0, 0.05) is 46.5 Å². The monoisotopic (exact) mass is 704 g/mol. The van der Waals surface area contributed by atoms with Gasteiger partial charge in [0.1, 0.15) is 0 Å². The van der Waals surface area contributed by atoms with Crippen LogP contribution in [-0.4, -0.2) is 11.6 Å². The van der Waals surface area contributed by atoms with Crippen LogP contribution < -0.4 is 10.6 Å². The van der Waals surface area contributed by atoms with Gasteiger partial charge in [-0.2, -0.15) is 0 Å². The first-order chi connectivity index (χ1) is 26.0. The lowest BCUT2D eigenvalue weighted by Crippen LogP contribution is -2.33. The van der Waals surface area contributed by atoms with Crippen LogP contribution in [0.1, 0.15) is 87.7 Å². The molecule has 0 saturated carbocycles. The van der Waals surface area contributed by atoms with Crippen LogP contribution >= 0.6 is 0 Å². The molecule has 2 N–H and O–H groups in total. The van der Waals surface area contributed by atoms with E-state index in [1.807, 2.05) is 0 Å². The van der Waals surface area contributed by atoms with Crippen LogP contribution in [0.15, 0.2) is 132 Å². The third kappa shape index (κ3) is 5.26. The van der Waals surface area contributed by atoms with Crippen molar-refractivity contribution in [1.29, 1.82) is 0 Å². The molecular formula is C50H44N2O2. The molecule has 4 aliphatic rings. The van der Waals surface area contributed by atoms with Crippen molar-refractivity contribution in [3.8, 4) is 11.1 Å². The molecule has 2 atom stereocenters. The van der Waals surface area contributed by atoms with Crippen molar-refractivity contribution < 1.29 is 9.59 Å². The Morgan fingerprint density at radius 3 is 1.26 bits per heavy atom. The molecule has 266 valence electrons. The normalized spacial score (nSPS) is 21.2. The first-order valence-corrected chi connectivity index (χ1v) is 19.3. The predicted octanol–water partition coefficient (Wildman–Crippen LogP) is 12.3. The van der Waals surface area contributed by atoms with Crippen LogP contribution in [0.3, 0.4) is 0 Å². The van der Waals surface area contributed by atoms with E-state index in [1.54, 1.807) is 0 Å². The maximum absolute atomic E-state index is 14.0. The number of benzene rings is 6. The van der Waals surface area contributed by atoms with Crippen molar-refractivity contribution in [2.24, 2.45) is 10.8 Å². The molecule has 4 heteroatoms. The highest BCUT2D eigenvalue weighted by Gasteiger charge is 2.42. The number of carbonyl (C=O) groups excluding carboxylic acids is 2. The minimum Gasteiger partial charge on any atom is -0.373 e. The molecule has 54 heavy (non-hydrogen) atoms. The Kier molecular flexibility index (Phi) is 7.23. The van der Waals surface area contributed by atoms with Gasteiger partial charge in [-0.3, -0.25) is 9.59 Å². The van der Waals surface area contributed by atoms with Crippen LogP contribution in [0.25, 0.3) is 43.8 Å². The lowest BCUT2D eigenvalue weighted by Gasteiger charge is -2.40. The van der Waals surface area contributed by atoms with Crippen molar-refractivity contribution in [3.05, 3.63) is 155 Å². The zero-order valence-electron chi connectivity index (χ0n) is 31.3. The number of nitrogens with one attached hydrogen (secondary N) is 2. The van der Waals surface area contributed by atoms with Crippen molar-refractivity contribution in [3.63, 3.8) is 0 Å². The fraction of sp³-hybridized carbons (Fsp3) is 0.240. The second-order valence-corrected chi connectivity index (χ2v) is 17.5. The average molecular weight is 705 g/mol. The molecule has 0 amide bonds. The summed E-state index contributed by atoms with van der Waals surface area (Å²) in [5.41, 5.74) is 13.0. The summed E-state index contributed by atoms with van der Waals surface area (Å²) in [7, 11) is 0.